The Morgan fingerprint density at radius 1 is 1.12 bits per heavy atom. The van der Waals surface area contributed by atoms with Crippen LogP contribution < -0.4 is 10.2 Å². The van der Waals surface area contributed by atoms with Crippen molar-refractivity contribution in [3.05, 3.63) is 89.7 Å². The molecule has 4 aromatic rings. The van der Waals surface area contributed by atoms with Gasteiger partial charge in [-0.3, -0.25) is 4.79 Å². The molecule has 160 valence electrons. The van der Waals surface area contributed by atoms with Crippen LogP contribution in [0.1, 0.15) is 22.8 Å². The molecule has 1 aromatic heterocycles. The molecule has 0 bridgehead atoms. The molecule has 1 amide bonds. The van der Waals surface area contributed by atoms with Crippen LogP contribution in [0.2, 0.25) is 0 Å². The molecule has 2 N–H and O–H groups in total. The van der Waals surface area contributed by atoms with Crippen LogP contribution in [0.4, 0.5) is 4.39 Å². The third kappa shape index (κ3) is 4.57. The Balaban J connectivity index is 1.62. The molecule has 1 heterocycles. The maximum Gasteiger partial charge on any atom is 0.272 e. The Morgan fingerprint density at radius 3 is 2.69 bits per heavy atom. The number of phenols is 1. The van der Waals surface area contributed by atoms with Crippen LogP contribution in [-0.4, -0.2) is 28.8 Å². The number of phenolic OH excluding ortho intramolecular Hbond substituents is 1. The molecule has 7 heteroatoms. The lowest BCUT2D eigenvalue weighted by Crippen LogP contribution is -2.18. The van der Waals surface area contributed by atoms with Crippen LogP contribution >= 0.6 is 0 Å². The molecule has 32 heavy (non-hydrogen) atoms. The lowest BCUT2D eigenvalue weighted by Gasteiger charge is -2.09. The summed E-state index contributed by atoms with van der Waals surface area (Å²) in [5.74, 6) is -0.382. The monoisotopic (exact) mass is 429 g/mol. The van der Waals surface area contributed by atoms with Crippen LogP contribution in [0.5, 0.6) is 11.5 Å². The predicted octanol–water partition coefficient (Wildman–Crippen LogP) is 4.91. The van der Waals surface area contributed by atoms with E-state index in [9.17, 15) is 14.3 Å². The molecule has 0 aliphatic carbocycles. The van der Waals surface area contributed by atoms with Crippen molar-refractivity contribution >= 4 is 23.0 Å². The molecular weight excluding hydrogens is 409 g/mol. The van der Waals surface area contributed by atoms with Gasteiger partial charge < -0.3 is 9.84 Å². The third-order valence-electron chi connectivity index (χ3n) is 4.76. The van der Waals surface area contributed by atoms with E-state index in [4.69, 9.17) is 4.74 Å². The summed E-state index contributed by atoms with van der Waals surface area (Å²) in [5.41, 5.74) is 5.47. The van der Waals surface area contributed by atoms with Crippen molar-refractivity contribution in [2.75, 3.05) is 6.61 Å². The molecule has 4 rings (SSSR count). The Bertz CT molecular complexity index is 1300. The van der Waals surface area contributed by atoms with Gasteiger partial charge in [0.05, 0.1) is 29.6 Å². The van der Waals surface area contributed by atoms with Crippen molar-refractivity contribution in [1.29, 1.82) is 0 Å². The van der Waals surface area contributed by atoms with Gasteiger partial charge in [-0.15, -0.1) is 0 Å². The number of aromatic hydroxyl groups is 1. The fraction of sp³-hybridized carbons (Fsp3) is 0.0800. The molecule has 0 radical (unpaired) electrons. The summed E-state index contributed by atoms with van der Waals surface area (Å²) in [6.45, 7) is 2.23. The molecule has 0 aliphatic heterocycles. The number of carbonyl (C=O) groups is 1. The van der Waals surface area contributed by atoms with Crippen molar-refractivity contribution in [3.8, 4) is 22.8 Å². The second kappa shape index (κ2) is 9.26. The average Bonchev–Trinajstić information content (AvgIpc) is 2.81. The zero-order chi connectivity index (χ0) is 22.5. The first-order valence-electron chi connectivity index (χ1n) is 10.00. The van der Waals surface area contributed by atoms with E-state index in [-0.39, 0.29) is 11.6 Å². The minimum Gasteiger partial charge on any atom is -0.504 e. The van der Waals surface area contributed by atoms with Crippen molar-refractivity contribution in [3.63, 3.8) is 0 Å². The molecule has 0 atom stereocenters. The lowest BCUT2D eigenvalue weighted by atomic mass is 10.0. The molecule has 0 saturated heterocycles. The molecule has 3 aromatic carbocycles. The molecule has 0 unspecified atom stereocenters. The van der Waals surface area contributed by atoms with Gasteiger partial charge >= 0.3 is 0 Å². The van der Waals surface area contributed by atoms with E-state index in [1.165, 1.54) is 24.4 Å². The van der Waals surface area contributed by atoms with Gasteiger partial charge in [0.2, 0.25) is 0 Å². The summed E-state index contributed by atoms with van der Waals surface area (Å²) < 4.78 is 18.7. The zero-order valence-electron chi connectivity index (χ0n) is 17.2. The number of hydrazone groups is 1. The number of halogens is 1. The van der Waals surface area contributed by atoms with E-state index in [1.54, 1.807) is 30.3 Å². The zero-order valence-corrected chi connectivity index (χ0v) is 17.2. The maximum absolute atomic E-state index is 13.3. The van der Waals surface area contributed by atoms with E-state index in [0.717, 1.165) is 0 Å². The number of nitrogens with one attached hydrogen (secondary N) is 1. The Kier molecular flexibility index (Phi) is 6.07. The number of para-hydroxylation sites is 1. The van der Waals surface area contributed by atoms with Crippen LogP contribution in [-0.2, 0) is 0 Å². The Labute approximate surface area is 184 Å². The summed E-state index contributed by atoms with van der Waals surface area (Å²) >= 11 is 0. The predicted molar refractivity (Wildman–Crippen MR) is 121 cm³/mol. The minimum absolute atomic E-state index is 0.0320. The number of rotatable bonds is 6. The Hall–Kier alpha value is -4.26. The number of nitrogens with zero attached hydrogens (tertiary/aromatic N) is 2. The average molecular weight is 429 g/mol. The highest BCUT2D eigenvalue weighted by Crippen LogP contribution is 2.27. The Morgan fingerprint density at radius 2 is 1.91 bits per heavy atom. The fourth-order valence-corrected chi connectivity index (χ4v) is 3.24. The fourth-order valence-electron chi connectivity index (χ4n) is 3.24. The third-order valence-corrected chi connectivity index (χ3v) is 4.76. The first-order chi connectivity index (χ1) is 15.5. The number of carbonyl (C=O) groups excluding carboxylic acids is 1. The van der Waals surface area contributed by atoms with Gasteiger partial charge in [-0.1, -0.05) is 18.2 Å². The molecular formula is C25H20FN3O3. The summed E-state index contributed by atoms with van der Waals surface area (Å²) in [5, 5.41) is 14.5. The highest BCUT2D eigenvalue weighted by Gasteiger charge is 2.13. The SMILES string of the molecule is CCOc1cc(C=NNC(=O)c2cc(-c3ccc(F)cc3)nc3ccccc23)ccc1O. The first-order valence-corrected chi connectivity index (χ1v) is 10.00. The number of aromatic nitrogens is 1. The number of benzene rings is 3. The van der Waals surface area contributed by atoms with Crippen molar-refractivity contribution in [1.82, 2.24) is 10.4 Å². The molecule has 0 aliphatic rings. The van der Waals surface area contributed by atoms with Gasteiger partial charge in [0.1, 0.15) is 5.82 Å². The molecule has 0 spiro atoms. The van der Waals surface area contributed by atoms with Crippen LogP contribution in [0.15, 0.2) is 77.9 Å². The highest BCUT2D eigenvalue weighted by molar-refractivity contribution is 6.07. The first kappa shape index (κ1) is 21.0. The van der Waals surface area contributed by atoms with E-state index in [2.05, 4.69) is 15.5 Å². The summed E-state index contributed by atoms with van der Waals surface area (Å²) in [4.78, 5) is 17.5. The largest absolute Gasteiger partial charge is 0.504 e. The van der Waals surface area contributed by atoms with Crippen molar-refractivity contribution in [2.24, 2.45) is 5.10 Å². The lowest BCUT2D eigenvalue weighted by molar-refractivity contribution is 0.0956. The van der Waals surface area contributed by atoms with Crippen molar-refractivity contribution < 1.29 is 19.0 Å². The van der Waals surface area contributed by atoms with Crippen LogP contribution in [0, 0.1) is 5.82 Å². The molecule has 6 nitrogen and oxygen atoms in total. The van der Waals surface area contributed by atoms with Gasteiger partial charge in [-0.05, 0) is 67.1 Å². The summed E-state index contributed by atoms with van der Waals surface area (Å²) in [6, 6.07) is 19.7. The molecule has 0 fully saturated rings. The van der Waals surface area contributed by atoms with Gasteiger partial charge in [0, 0.05) is 10.9 Å². The van der Waals surface area contributed by atoms with Gasteiger partial charge in [0.25, 0.3) is 5.91 Å². The van der Waals surface area contributed by atoms with Crippen molar-refractivity contribution in [2.45, 2.75) is 6.92 Å². The second-order valence-electron chi connectivity index (χ2n) is 6.94. The highest BCUT2D eigenvalue weighted by atomic mass is 19.1. The number of pyridine rings is 1. The number of fused-ring (bicyclic) bond motifs is 1. The smallest absolute Gasteiger partial charge is 0.272 e. The van der Waals surface area contributed by atoms with E-state index < -0.39 is 5.91 Å². The van der Waals surface area contributed by atoms with E-state index in [1.807, 2.05) is 31.2 Å². The summed E-state index contributed by atoms with van der Waals surface area (Å²) in [7, 11) is 0. The van der Waals surface area contributed by atoms with Gasteiger partial charge in [-0.2, -0.15) is 5.10 Å². The van der Waals surface area contributed by atoms with E-state index >= 15 is 0 Å². The second-order valence-corrected chi connectivity index (χ2v) is 6.94. The quantitative estimate of drug-likeness (QED) is 0.337. The number of ether oxygens (including phenoxy) is 1. The maximum atomic E-state index is 13.3. The standard InChI is InChI=1S/C25H20FN3O3/c1-2-32-24-13-16(7-12-23(24)30)15-27-29-25(31)20-14-22(17-8-10-18(26)11-9-17)28-21-6-4-3-5-19(20)21/h3-15,30H,2H2,1H3,(H,29,31). The van der Waals surface area contributed by atoms with Gasteiger partial charge in [0.15, 0.2) is 11.5 Å². The van der Waals surface area contributed by atoms with Crippen LogP contribution in [0.25, 0.3) is 22.2 Å². The van der Waals surface area contributed by atoms with E-state index in [0.29, 0.717) is 45.6 Å². The topological polar surface area (TPSA) is 83.8 Å². The normalized spacial score (nSPS) is 11.1. The summed E-state index contributed by atoms with van der Waals surface area (Å²) in [6.07, 6.45) is 1.46. The number of hydrogen-bond donors (Lipinski definition) is 2. The molecule has 0 saturated carbocycles. The van der Waals surface area contributed by atoms with Gasteiger partial charge in [-0.25, -0.2) is 14.8 Å². The number of hydrogen-bond acceptors (Lipinski definition) is 5. The van der Waals surface area contributed by atoms with Crippen LogP contribution in [0.3, 0.4) is 0 Å². The minimum atomic E-state index is -0.410. The number of amides is 1.